The van der Waals surface area contributed by atoms with Crippen molar-refractivity contribution in [3.05, 3.63) is 47.8 Å². The van der Waals surface area contributed by atoms with Gasteiger partial charge in [-0.05, 0) is 11.6 Å². The van der Waals surface area contributed by atoms with Gasteiger partial charge in [0.05, 0.1) is 25.9 Å². The Kier molecular flexibility index (Phi) is 5.79. The molecule has 0 atom stereocenters. The molecule has 1 aliphatic heterocycles. The van der Waals surface area contributed by atoms with E-state index >= 15 is 0 Å². The van der Waals surface area contributed by atoms with E-state index in [4.69, 9.17) is 14.2 Å². The second-order valence-electron chi connectivity index (χ2n) is 5.71. The van der Waals surface area contributed by atoms with Gasteiger partial charge in [0.2, 0.25) is 11.8 Å². The molecule has 0 unspecified atom stereocenters. The quantitative estimate of drug-likeness (QED) is 0.863. The molecule has 3 rings (SSSR count). The van der Waals surface area contributed by atoms with E-state index in [-0.39, 0.29) is 12.0 Å². The van der Waals surface area contributed by atoms with Crippen molar-refractivity contribution in [3.8, 4) is 11.8 Å². The molecule has 7 nitrogen and oxygen atoms in total. The lowest BCUT2D eigenvalue weighted by Gasteiger charge is -2.22. The van der Waals surface area contributed by atoms with Gasteiger partial charge in [0.15, 0.2) is 0 Å². The summed E-state index contributed by atoms with van der Waals surface area (Å²) in [6, 6.07) is 7.04. The first kappa shape index (κ1) is 17.2. The largest absolute Gasteiger partial charge is 0.481 e. The normalized spacial score (nSPS) is 14.8. The van der Waals surface area contributed by atoms with Crippen LogP contribution in [0.5, 0.6) is 11.8 Å². The number of methoxy groups -OCH3 is 1. The van der Waals surface area contributed by atoms with Gasteiger partial charge in [0, 0.05) is 43.9 Å². The molecule has 25 heavy (non-hydrogen) atoms. The number of amides is 1. The van der Waals surface area contributed by atoms with Crippen molar-refractivity contribution >= 4 is 5.91 Å². The summed E-state index contributed by atoms with van der Waals surface area (Å²) in [6.45, 7) is 1.81. The maximum absolute atomic E-state index is 12.2. The van der Waals surface area contributed by atoms with E-state index in [1.807, 2.05) is 6.07 Å². The number of rotatable bonds is 6. The minimum Gasteiger partial charge on any atom is -0.481 e. The van der Waals surface area contributed by atoms with Crippen LogP contribution in [0.2, 0.25) is 0 Å². The Morgan fingerprint density at radius 2 is 1.92 bits per heavy atom. The Labute approximate surface area is 146 Å². The van der Waals surface area contributed by atoms with E-state index in [1.165, 1.54) is 6.20 Å². The molecule has 0 radical (unpaired) electrons. The second kappa shape index (κ2) is 8.43. The van der Waals surface area contributed by atoms with Gasteiger partial charge in [-0.3, -0.25) is 4.79 Å². The number of pyridine rings is 2. The maximum atomic E-state index is 12.2. The van der Waals surface area contributed by atoms with Crippen LogP contribution in [-0.2, 0) is 11.3 Å². The van der Waals surface area contributed by atoms with E-state index in [1.54, 1.807) is 31.5 Å². The third-order valence-electron chi connectivity index (χ3n) is 3.91. The molecule has 0 aliphatic carbocycles. The molecule has 0 saturated carbocycles. The summed E-state index contributed by atoms with van der Waals surface area (Å²) in [5.41, 5.74) is 1.38. The van der Waals surface area contributed by atoms with Crippen LogP contribution in [0.1, 0.15) is 28.8 Å². The highest BCUT2D eigenvalue weighted by atomic mass is 16.5. The van der Waals surface area contributed by atoms with Gasteiger partial charge in [-0.15, -0.1) is 0 Å². The van der Waals surface area contributed by atoms with E-state index in [9.17, 15) is 4.79 Å². The second-order valence-corrected chi connectivity index (χ2v) is 5.71. The molecule has 3 heterocycles. The predicted octanol–water partition coefficient (Wildman–Crippen LogP) is 1.97. The monoisotopic (exact) mass is 343 g/mol. The maximum Gasteiger partial charge on any atom is 0.253 e. The van der Waals surface area contributed by atoms with Crippen LogP contribution >= 0.6 is 0 Å². The van der Waals surface area contributed by atoms with Crippen LogP contribution < -0.4 is 14.8 Å². The van der Waals surface area contributed by atoms with Gasteiger partial charge < -0.3 is 19.5 Å². The molecule has 132 valence electrons. The summed E-state index contributed by atoms with van der Waals surface area (Å²) >= 11 is 0. The molecule has 1 amide bonds. The van der Waals surface area contributed by atoms with E-state index in [0.717, 1.165) is 18.4 Å². The highest BCUT2D eigenvalue weighted by Crippen LogP contribution is 2.16. The molecule has 2 aromatic heterocycles. The number of hydrogen-bond acceptors (Lipinski definition) is 6. The number of carbonyl (C=O) groups is 1. The zero-order valence-corrected chi connectivity index (χ0v) is 14.1. The first-order valence-electron chi connectivity index (χ1n) is 8.22. The summed E-state index contributed by atoms with van der Waals surface area (Å²) in [4.78, 5) is 20.5. The lowest BCUT2D eigenvalue weighted by molar-refractivity contribution is 0.0237. The Morgan fingerprint density at radius 3 is 2.56 bits per heavy atom. The number of nitrogens with one attached hydrogen (secondary N) is 1. The van der Waals surface area contributed by atoms with E-state index in [2.05, 4.69) is 15.3 Å². The zero-order chi connectivity index (χ0) is 17.5. The van der Waals surface area contributed by atoms with Crippen LogP contribution in [0.4, 0.5) is 0 Å². The molecule has 0 aromatic carbocycles. The Morgan fingerprint density at radius 1 is 1.16 bits per heavy atom. The minimum atomic E-state index is -0.194. The third kappa shape index (κ3) is 4.90. The molecule has 2 aromatic rings. The summed E-state index contributed by atoms with van der Waals surface area (Å²) in [5.74, 6) is 0.878. The molecule has 1 aliphatic rings. The van der Waals surface area contributed by atoms with E-state index in [0.29, 0.717) is 37.1 Å². The SMILES string of the molecule is COc1ccc(CNC(=O)c2ccc(OC3CCOCC3)nc2)cn1. The Hall–Kier alpha value is -2.67. The average Bonchev–Trinajstić information content (AvgIpc) is 2.68. The highest BCUT2D eigenvalue weighted by molar-refractivity contribution is 5.93. The Bertz CT molecular complexity index is 682. The van der Waals surface area contributed by atoms with Crippen molar-refractivity contribution < 1.29 is 19.0 Å². The molecule has 1 N–H and O–H groups in total. The van der Waals surface area contributed by atoms with Gasteiger partial charge in [-0.2, -0.15) is 0 Å². The number of carbonyl (C=O) groups excluding carboxylic acids is 1. The summed E-state index contributed by atoms with van der Waals surface area (Å²) in [5, 5.41) is 2.84. The van der Waals surface area contributed by atoms with Crippen LogP contribution in [0.25, 0.3) is 0 Å². The highest BCUT2D eigenvalue weighted by Gasteiger charge is 2.16. The number of aromatic nitrogens is 2. The van der Waals surface area contributed by atoms with Crippen LogP contribution in [-0.4, -0.2) is 42.3 Å². The van der Waals surface area contributed by atoms with Crippen molar-refractivity contribution in [2.45, 2.75) is 25.5 Å². The first-order valence-corrected chi connectivity index (χ1v) is 8.22. The lowest BCUT2D eigenvalue weighted by Crippen LogP contribution is -2.26. The fourth-order valence-electron chi connectivity index (χ4n) is 2.47. The molecule has 1 saturated heterocycles. The summed E-state index contributed by atoms with van der Waals surface area (Å²) in [6.07, 6.45) is 5.04. The van der Waals surface area contributed by atoms with Crippen molar-refractivity contribution in [1.82, 2.24) is 15.3 Å². The fourth-order valence-corrected chi connectivity index (χ4v) is 2.47. The summed E-state index contributed by atoms with van der Waals surface area (Å²) < 4.78 is 16.1. The van der Waals surface area contributed by atoms with Crippen LogP contribution in [0.15, 0.2) is 36.7 Å². The molecule has 0 bridgehead atoms. The molecule has 7 heteroatoms. The minimum absolute atomic E-state index is 0.128. The number of nitrogens with zero attached hydrogens (tertiary/aromatic N) is 2. The third-order valence-corrected chi connectivity index (χ3v) is 3.91. The first-order chi connectivity index (χ1) is 12.2. The molecular formula is C18H21N3O4. The molecular weight excluding hydrogens is 322 g/mol. The van der Waals surface area contributed by atoms with Crippen molar-refractivity contribution in [2.75, 3.05) is 20.3 Å². The van der Waals surface area contributed by atoms with Gasteiger partial charge in [-0.1, -0.05) is 6.07 Å². The van der Waals surface area contributed by atoms with Crippen molar-refractivity contribution in [1.29, 1.82) is 0 Å². The van der Waals surface area contributed by atoms with Crippen LogP contribution in [0, 0.1) is 0 Å². The van der Waals surface area contributed by atoms with Gasteiger partial charge in [0.25, 0.3) is 5.91 Å². The number of hydrogen-bond donors (Lipinski definition) is 1. The van der Waals surface area contributed by atoms with Crippen molar-refractivity contribution in [3.63, 3.8) is 0 Å². The topological polar surface area (TPSA) is 82.6 Å². The van der Waals surface area contributed by atoms with Crippen molar-refractivity contribution in [2.24, 2.45) is 0 Å². The van der Waals surface area contributed by atoms with Gasteiger partial charge >= 0.3 is 0 Å². The molecule has 1 fully saturated rings. The lowest BCUT2D eigenvalue weighted by atomic mass is 10.1. The van der Waals surface area contributed by atoms with Gasteiger partial charge in [0.1, 0.15) is 6.10 Å². The predicted molar refractivity (Wildman–Crippen MR) is 90.7 cm³/mol. The fraction of sp³-hybridized carbons (Fsp3) is 0.389. The van der Waals surface area contributed by atoms with Gasteiger partial charge in [-0.25, -0.2) is 9.97 Å². The number of ether oxygens (including phenoxy) is 3. The zero-order valence-electron chi connectivity index (χ0n) is 14.1. The average molecular weight is 343 g/mol. The smallest absolute Gasteiger partial charge is 0.253 e. The Balaban J connectivity index is 1.51. The van der Waals surface area contributed by atoms with E-state index < -0.39 is 0 Å². The van der Waals surface area contributed by atoms with Crippen LogP contribution in [0.3, 0.4) is 0 Å². The standard InChI is InChI=1S/C18H21N3O4/c1-23-16-4-2-13(10-19-16)11-21-18(22)14-3-5-17(20-12-14)25-15-6-8-24-9-7-15/h2-5,10,12,15H,6-9,11H2,1H3,(H,21,22). The molecule has 0 spiro atoms. The summed E-state index contributed by atoms with van der Waals surface area (Å²) in [7, 11) is 1.56.